The van der Waals surface area contributed by atoms with Gasteiger partial charge in [0.1, 0.15) is 0 Å². The first-order chi connectivity index (χ1) is 12.0. The van der Waals surface area contributed by atoms with Crippen molar-refractivity contribution >= 4 is 17.6 Å². The molecule has 2 rings (SSSR count). The Hall–Kier alpha value is -2.08. The Bertz CT molecular complexity index is 559. The van der Waals surface area contributed by atoms with Crippen LogP contribution in [0.3, 0.4) is 0 Å². The van der Waals surface area contributed by atoms with Gasteiger partial charge in [0.05, 0.1) is 0 Å². The van der Waals surface area contributed by atoms with Crippen molar-refractivity contribution in [2.24, 2.45) is 0 Å². The second-order valence-electron chi connectivity index (χ2n) is 6.69. The number of hydrogen-bond donors (Lipinski definition) is 3. The van der Waals surface area contributed by atoms with E-state index in [9.17, 15) is 9.59 Å². The summed E-state index contributed by atoms with van der Waals surface area (Å²) in [6, 6.07) is 8.18. The van der Waals surface area contributed by atoms with Crippen molar-refractivity contribution in [3.05, 3.63) is 29.8 Å². The monoisotopic (exact) mass is 346 g/mol. The molecule has 1 atom stereocenters. The number of likely N-dealkylation sites (tertiary alicyclic amines) is 1. The van der Waals surface area contributed by atoms with Crippen molar-refractivity contribution in [2.75, 3.05) is 31.5 Å². The maximum absolute atomic E-state index is 11.8. The molecule has 3 amide bonds. The Morgan fingerprint density at radius 3 is 2.52 bits per heavy atom. The highest BCUT2D eigenvalue weighted by Crippen LogP contribution is 2.15. The number of benzene rings is 1. The minimum Gasteiger partial charge on any atom is -0.338 e. The zero-order valence-corrected chi connectivity index (χ0v) is 15.3. The van der Waals surface area contributed by atoms with Crippen LogP contribution >= 0.6 is 0 Å². The first-order valence-electron chi connectivity index (χ1n) is 9.17. The van der Waals surface area contributed by atoms with Crippen LogP contribution in [0.15, 0.2) is 24.3 Å². The Labute approximate surface area is 150 Å². The van der Waals surface area contributed by atoms with Crippen LogP contribution in [-0.2, 0) is 11.2 Å². The summed E-state index contributed by atoms with van der Waals surface area (Å²) >= 11 is 0. The average molecular weight is 346 g/mol. The maximum atomic E-state index is 11.8. The van der Waals surface area contributed by atoms with Gasteiger partial charge in [-0.3, -0.25) is 9.69 Å². The normalized spacial score (nSPS) is 17.8. The van der Waals surface area contributed by atoms with E-state index in [2.05, 4.69) is 27.8 Å². The summed E-state index contributed by atoms with van der Waals surface area (Å²) in [4.78, 5) is 25.3. The molecule has 138 valence electrons. The van der Waals surface area contributed by atoms with Gasteiger partial charge in [0, 0.05) is 38.3 Å². The molecule has 1 aromatic carbocycles. The van der Waals surface area contributed by atoms with Gasteiger partial charge >= 0.3 is 6.03 Å². The fourth-order valence-electron chi connectivity index (χ4n) is 3.14. The molecule has 25 heavy (non-hydrogen) atoms. The second kappa shape index (κ2) is 10.0. The van der Waals surface area contributed by atoms with Gasteiger partial charge in [0.2, 0.25) is 5.91 Å². The van der Waals surface area contributed by atoms with Gasteiger partial charge in [0.25, 0.3) is 0 Å². The molecule has 3 N–H and O–H groups in total. The van der Waals surface area contributed by atoms with Gasteiger partial charge in [-0.15, -0.1) is 0 Å². The summed E-state index contributed by atoms with van der Waals surface area (Å²) < 4.78 is 0. The molecule has 6 heteroatoms. The van der Waals surface area contributed by atoms with Crippen molar-refractivity contribution in [3.63, 3.8) is 0 Å². The van der Waals surface area contributed by atoms with E-state index in [0.29, 0.717) is 19.1 Å². The van der Waals surface area contributed by atoms with E-state index in [1.165, 1.54) is 26.2 Å². The quantitative estimate of drug-likeness (QED) is 0.710. The third kappa shape index (κ3) is 7.13. The third-order valence-electron chi connectivity index (χ3n) is 4.60. The molecule has 0 radical (unpaired) electrons. The molecule has 0 saturated carbocycles. The minimum atomic E-state index is -0.112. The van der Waals surface area contributed by atoms with Crippen molar-refractivity contribution < 1.29 is 9.59 Å². The topological polar surface area (TPSA) is 73.5 Å². The fraction of sp³-hybridized carbons (Fsp3) is 0.579. The molecular formula is C19H30N4O2. The van der Waals surface area contributed by atoms with E-state index in [0.717, 1.165) is 30.8 Å². The standard InChI is InChI=1S/C19H30N4O2/c1-15-5-3-4-13-23(15)14-12-21-19(25)20-11-10-17-6-8-18(9-7-17)22-16(2)24/h6-9,15H,3-5,10-14H2,1-2H3,(H,22,24)(H2,20,21,25)/t15-/m1/s1. The first-order valence-corrected chi connectivity index (χ1v) is 9.17. The molecule has 1 heterocycles. The molecule has 0 aromatic heterocycles. The van der Waals surface area contributed by atoms with Crippen LogP contribution < -0.4 is 16.0 Å². The third-order valence-corrected chi connectivity index (χ3v) is 4.60. The molecule has 1 aliphatic heterocycles. The van der Waals surface area contributed by atoms with Crippen molar-refractivity contribution in [1.29, 1.82) is 0 Å². The van der Waals surface area contributed by atoms with Gasteiger partial charge < -0.3 is 16.0 Å². The molecule has 0 bridgehead atoms. The summed E-state index contributed by atoms with van der Waals surface area (Å²) in [7, 11) is 0. The Kier molecular flexibility index (Phi) is 7.73. The lowest BCUT2D eigenvalue weighted by Crippen LogP contribution is -2.44. The highest BCUT2D eigenvalue weighted by molar-refractivity contribution is 5.88. The lowest BCUT2D eigenvalue weighted by atomic mass is 10.0. The summed E-state index contributed by atoms with van der Waals surface area (Å²) in [6.45, 7) is 7.07. The number of carbonyl (C=O) groups excluding carboxylic acids is 2. The van der Waals surface area contributed by atoms with Crippen LogP contribution in [-0.4, -0.2) is 49.1 Å². The molecule has 1 aliphatic rings. The molecule has 1 saturated heterocycles. The lowest BCUT2D eigenvalue weighted by molar-refractivity contribution is -0.114. The van der Waals surface area contributed by atoms with Gasteiger partial charge in [-0.25, -0.2) is 4.79 Å². The Balaban J connectivity index is 1.59. The summed E-state index contributed by atoms with van der Waals surface area (Å²) in [5.74, 6) is -0.0787. The average Bonchev–Trinajstić information content (AvgIpc) is 2.58. The molecule has 0 spiro atoms. The van der Waals surface area contributed by atoms with Gasteiger partial charge in [-0.2, -0.15) is 0 Å². The van der Waals surface area contributed by atoms with Gasteiger partial charge in [-0.1, -0.05) is 18.6 Å². The number of amides is 3. The minimum absolute atomic E-state index is 0.0787. The number of carbonyl (C=O) groups is 2. The van der Waals surface area contributed by atoms with Crippen LogP contribution in [0, 0.1) is 0 Å². The van der Waals surface area contributed by atoms with Crippen molar-refractivity contribution in [1.82, 2.24) is 15.5 Å². The SMILES string of the molecule is CC(=O)Nc1ccc(CCNC(=O)NCCN2CCCC[C@H]2C)cc1. The van der Waals surface area contributed by atoms with E-state index in [4.69, 9.17) is 0 Å². The number of piperidine rings is 1. The number of urea groups is 1. The smallest absolute Gasteiger partial charge is 0.314 e. The van der Waals surface area contributed by atoms with E-state index in [-0.39, 0.29) is 11.9 Å². The van der Waals surface area contributed by atoms with E-state index < -0.39 is 0 Å². The van der Waals surface area contributed by atoms with Crippen LogP contribution in [0.5, 0.6) is 0 Å². The molecule has 1 aromatic rings. The summed E-state index contributed by atoms with van der Waals surface area (Å²) in [6.07, 6.45) is 4.60. The highest BCUT2D eigenvalue weighted by atomic mass is 16.2. The zero-order chi connectivity index (χ0) is 18.1. The van der Waals surface area contributed by atoms with Crippen LogP contribution in [0.25, 0.3) is 0 Å². The molecule has 0 unspecified atom stereocenters. The molecular weight excluding hydrogens is 316 g/mol. The molecule has 0 aliphatic carbocycles. The number of nitrogens with one attached hydrogen (secondary N) is 3. The predicted molar refractivity (Wildman–Crippen MR) is 101 cm³/mol. The first kappa shape index (κ1) is 19.2. The van der Waals surface area contributed by atoms with Crippen LogP contribution in [0.2, 0.25) is 0 Å². The maximum Gasteiger partial charge on any atom is 0.314 e. The number of nitrogens with zero attached hydrogens (tertiary/aromatic N) is 1. The van der Waals surface area contributed by atoms with Crippen molar-refractivity contribution in [2.45, 2.75) is 45.6 Å². The molecule has 1 fully saturated rings. The van der Waals surface area contributed by atoms with Crippen LogP contribution in [0.1, 0.15) is 38.7 Å². The van der Waals surface area contributed by atoms with Crippen LogP contribution in [0.4, 0.5) is 10.5 Å². The second-order valence-corrected chi connectivity index (χ2v) is 6.69. The van der Waals surface area contributed by atoms with E-state index in [1.54, 1.807) is 0 Å². The number of anilines is 1. The Morgan fingerprint density at radius 2 is 1.84 bits per heavy atom. The Morgan fingerprint density at radius 1 is 1.12 bits per heavy atom. The van der Waals surface area contributed by atoms with Gasteiger partial charge in [-0.05, 0) is 50.4 Å². The lowest BCUT2D eigenvalue weighted by Gasteiger charge is -2.33. The predicted octanol–water partition coefficient (Wildman–Crippen LogP) is 2.36. The largest absolute Gasteiger partial charge is 0.338 e. The van der Waals surface area contributed by atoms with E-state index >= 15 is 0 Å². The fourth-order valence-corrected chi connectivity index (χ4v) is 3.14. The summed E-state index contributed by atoms with van der Waals surface area (Å²) in [5.41, 5.74) is 1.91. The number of hydrogen-bond acceptors (Lipinski definition) is 3. The number of rotatable bonds is 7. The zero-order valence-electron chi connectivity index (χ0n) is 15.3. The van der Waals surface area contributed by atoms with Gasteiger partial charge in [0.15, 0.2) is 0 Å². The summed E-state index contributed by atoms with van der Waals surface area (Å²) in [5, 5.41) is 8.55. The molecule has 6 nitrogen and oxygen atoms in total. The highest BCUT2D eigenvalue weighted by Gasteiger charge is 2.17. The van der Waals surface area contributed by atoms with E-state index in [1.807, 2.05) is 24.3 Å². The van der Waals surface area contributed by atoms with Crippen molar-refractivity contribution in [3.8, 4) is 0 Å².